The molecule has 0 aliphatic carbocycles. The van der Waals surface area contributed by atoms with Gasteiger partial charge >= 0.3 is 15.2 Å². The Morgan fingerprint density at radius 3 is 1.83 bits per heavy atom. The maximum Gasteiger partial charge on any atom is 0.673 e. The Labute approximate surface area is 70.3 Å². The number of rotatable bonds is 3. The van der Waals surface area contributed by atoms with Crippen LogP contribution in [-0.4, -0.2) is 48.7 Å². The van der Waals surface area contributed by atoms with Crippen LogP contribution in [0.25, 0.3) is 0 Å². The Bertz CT molecular complexity index is 121. The minimum Gasteiger partial charge on any atom is -0.450 e. The van der Waals surface area contributed by atoms with Gasteiger partial charge in [-0.3, -0.25) is 0 Å². The first kappa shape index (κ1) is 13.9. The number of carboxylic acid groups (broad SMARTS) is 2. The van der Waals surface area contributed by atoms with Gasteiger partial charge in [-0.05, 0) is 6.92 Å². The molecule has 0 bridgehead atoms. The lowest BCUT2D eigenvalue weighted by molar-refractivity contribution is 0.0467. The van der Waals surface area contributed by atoms with Crippen LogP contribution < -0.4 is 0 Å². The molecule has 0 saturated heterocycles. The zero-order valence-corrected chi connectivity index (χ0v) is 7.72. The first-order valence-electron chi connectivity index (χ1n) is 2.91. The lowest BCUT2D eigenvalue weighted by Crippen LogP contribution is -2.41. The maximum atomic E-state index is 8.57. The summed E-state index contributed by atoms with van der Waals surface area (Å²) in [5.41, 5.74) is 0. The predicted octanol–water partition coefficient (Wildman–Crippen LogP) is -0.688. The average Bonchev–Trinajstić information content (AvgIpc) is 1.86. The highest BCUT2D eigenvalue weighted by Gasteiger charge is 2.33. The van der Waals surface area contributed by atoms with Crippen molar-refractivity contribution >= 4 is 15.2 Å². The molecule has 0 atom stereocenters. The van der Waals surface area contributed by atoms with E-state index in [0.717, 1.165) is 0 Å². The second-order valence-electron chi connectivity index (χ2n) is 1.47. The fraction of sp³-hybridized carbons (Fsp3) is 0.750. The third kappa shape index (κ3) is 16.2. The first-order valence-corrected chi connectivity index (χ1v) is 4.62. The van der Waals surface area contributed by atoms with Crippen LogP contribution in [0.1, 0.15) is 6.92 Å². The topological polar surface area (TPSA) is 116 Å². The van der Waals surface area contributed by atoms with Gasteiger partial charge in [0.15, 0.2) is 0 Å². The van der Waals surface area contributed by atoms with Gasteiger partial charge in [0.1, 0.15) is 0 Å². The number of hydrogen-bond donors (Lipinski definition) is 4. The van der Waals surface area contributed by atoms with E-state index in [1.807, 2.05) is 0 Å². The summed E-state index contributed by atoms with van der Waals surface area (Å²) in [5, 5.41) is 13.9. The molecule has 0 heterocycles. The third-order valence-corrected chi connectivity index (χ3v) is 1.79. The number of carbonyl (C=O) groups is 1. The lowest BCUT2D eigenvalue weighted by Gasteiger charge is -2.11. The summed E-state index contributed by atoms with van der Waals surface area (Å²) in [6.45, 7) is 1.92. The van der Waals surface area contributed by atoms with Crippen LogP contribution >= 0.6 is 0 Å². The zero-order chi connectivity index (χ0) is 10.2. The van der Waals surface area contributed by atoms with Crippen molar-refractivity contribution in [3.8, 4) is 0 Å². The van der Waals surface area contributed by atoms with E-state index in [-0.39, 0.29) is 6.61 Å². The van der Waals surface area contributed by atoms with Crippen LogP contribution in [0.15, 0.2) is 0 Å². The summed E-state index contributed by atoms with van der Waals surface area (Å²) in [6, 6.07) is 0. The molecule has 7 nitrogen and oxygen atoms in total. The van der Waals surface area contributed by atoms with Crippen molar-refractivity contribution in [3.63, 3.8) is 0 Å². The zero-order valence-electron chi connectivity index (χ0n) is 6.72. The average molecular weight is 200 g/mol. The number of hydrogen-bond acceptors (Lipinski definition) is 5. The highest BCUT2D eigenvalue weighted by Crippen LogP contribution is 1.93. The highest BCUT2D eigenvalue weighted by molar-refractivity contribution is 6.50. The van der Waals surface area contributed by atoms with Gasteiger partial charge in [-0.15, -0.1) is 0 Å². The predicted molar refractivity (Wildman–Crippen MR) is 39.5 cm³/mol. The maximum absolute atomic E-state index is 8.57. The molecule has 0 rings (SSSR count). The Morgan fingerprint density at radius 2 is 1.75 bits per heavy atom. The molecule has 0 aliphatic rings. The monoisotopic (exact) mass is 200 g/mol. The summed E-state index contributed by atoms with van der Waals surface area (Å²) in [7, 11) is -2.48. The smallest absolute Gasteiger partial charge is 0.450 e. The standard InChI is InChI=1S/C3H10O4Si.CH2O3/c1-3-7-8(4,5)6-2;2-1(3)4/h4-5H,3H2,1-2H3;(H2,2,3,4). The van der Waals surface area contributed by atoms with E-state index in [0.29, 0.717) is 0 Å². The van der Waals surface area contributed by atoms with E-state index >= 15 is 0 Å². The van der Waals surface area contributed by atoms with E-state index in [1.54, 1.807) is 6.92 Å². The van der Waals surface area contributed by atoms with E-state index < -0.39 is 15.2 Å². The van der Waals surface area contributed by atoms with Crippen molar-refractivity contribution in [2.45, 2.75) is 6.92 Å². The fourth-order valence-electron chi connectivity index (χ4n) is 0.247. The molecule has 0 fully saturated rings. The van der Waals surface area contributed by atoms with Gasteiger partial charge < -0.3 is 28.7 Å². The van der Waals surface area contributed by atoms with Gasteiger partial charge in [-0.25, -0.2) is 4.79 Å². The summed E-state index contributed by atoms with van der Waals surface area (Å²) < 4.78 is 8.61. The van der Waals surface area contributed by atoms with Crippen molar-refractivity contribution in [1.29, 1.82) is 0 Å². The lowest BCUT2D eigenvalue weighted by atomic mass is 10.9. The summed E-state index contributed by atoms with van der Waals surface area (Å²) in [4.78, 5) is 25.7. The molecule has 0 aliphatic heterocycles. The molecule has 0 aromatic carbocycles. The van der Waals surface area contributed by atoms with Crippen LogP contribution in [-0.2, 0) is 8.85 Å². The van der Waals surface area contributed by atoms with Crippen molar-refractivity contribution in [2.75, 3.05) is 13.7 Å². The molecule has 4 N–H and O–H groups in total. The molecule has 0 aromatic heterocycles. The van der Waals surface area contributed by atoms with Crippen LogP contribution in [0, 0.1) is 0 Å². The van der Waals surface area contributed by atoms with E-state index in [9.17, 15) is 0 Å². The third-order valence-electron chi connectivity index (χ3n) is 0.598. The minimum absolute atomic E-state index is 0.257. The molecule has 8 heteroatoms. The Kier molecular flexibility index (Phi) is 8.10. The normalized spacial score (nSPS) is 10.0. The van der Waals surface area contributed by atoms with Crippen LogP contribution in [0.5, 0.6) is 0 Å². The van der Waals surface area contributed by atoms with Gasteiger partial charge in [-0.1, -0.05) is 0 Å². The molecule has 0 amide bonds. The van der Waals surface area contributed by atoms with Crippen molar-refractivity contribution < 1.29 is 33.5 Å². The molecule has 0 aromatic rings. The minimum atomic E-state index is -3.68. The van der Waals surface area contributed by atoms with Gasteiger partial charge in [0.2, 0.25) is 0 Å². The Hall–Kier alpha value is -0.673. The van der Waals surface area contributed by atoms with Crippen molar-refractivity contribution in [1.82, 2.24) is 0 Å². The molecule has 0 saturated carbocycles. The quantitative estimate of drug-likeness (QED) is 0.445. The van der Waals surface area contributed by atoms with Crippen LogP contribution in [0.4, 0.5) is 4.79 Å². The molecule has 0 unspecified atom stereocenters. The highest BCUT2D eigenvalue weighted by atomic mass is 28.4. The SMILES string of the molecule is CCO[Si](O)(O)OC.O=C(O)O. The Balaban J connectivity index is 0. The Morgan fingerprint density at radius 1 is 1.42 bits per heavy atom. The van der Waals surface area contributed by atoms with E-state index in [1.165, 1.54) is 7.11 Å². The van der Waals surface area contributed by atoms with Gasteiger partial charge in [-0.2, -0.15) is 0 Å². The van der Waals surface area contributed by atoms with E-state index in [4.69, 9.17) is 24.6 Å². The summed E-state index contributed by atoms with van der Waals surface area (Å²) in [5.74, 6) is 0. The molecule has 12 heavy (non-hydrogen) atoms. The molecule has 0 radical (unpaired) electrons. The first-order chi connectivity index (χ1) is 5.35. The van der Waals surface area contributed by atoms with Crippen molar-refractivity contribution in [2.24, 2.45) is 0 Å². The molecular weight excluding hydrogens is 188 g/mol. The van der Waals surface area contributed by atoms with Crippen LogP contribution in [0.3, 0.4) is 0 Å². The van der Waals surface area contributed by atoms with Gasteiger partial charge in [0.25, 0.3) is 0 Å². The second-order valence-corrected chi connectivity index (χ2v) is 3.26. The molecule has 74 valence electrons. The summed E-state index contributed by atoms with van der Waals surface area (Å²) >= 11 is 0. The van der Waals surface area contributed by atoms with E-state index in [2.05, 4.69) is 8.85 Å². The molecule has 0 spiro atoms. The molecular formula is C4H12O7Si. The van der Waals surface area contributed by atoms with Gasteiger partial charge in [0.05, 0.1) is 0 Å². The van der Waals surface area contributed by atoms with Crippen molar-refractivity contribution in [3.05, 3.63) is 0 Å². The van der Waals surface area contributed by atoms with Gasteiger partial charge in [0, 0.05) is 13.7 Å². The second kappa shape index (κ2) is 7.00. The summed E-state index contributed by atoms with van der Waals surface area (Å²) in [6.07, 6.45) is -1.83. The van der Waals surface area contributed by atoms with Crippen LogP contribution in [0.2, 0.25) is 0 Å². The fourth-order valence-corrected chi connectivity index (χ4v) is 0.741. The largest absolute Gasteiger partial charge is 0.673 e.